The highest BCUT2D eigenvalue weighted by atomic mass is 19.3. The van der Waals surface area contributed by atoms with Crippen molar-refractivity contribution in [2.45, 2.75) is 31.9 Å². The van der Waals surface area contributed by atoms with Gasteiger partial charge in [-0.2, -0.15) is 13.9 Å². The van der Waals surface area contributed by atoms with Crippen LogP contribution in [0.25, 0.3) is 10.9 Å². The third-order valence-corrected chi connectivity index (χ3v) is 4.01. The van der Waals surface area contributed by atoms with Crippen LogP contribution in [0.5, 0.6) is 5.75 Å². The summed E-state index contributed by atoms with van der Waals surface area (Å²) in [6.07, 6.45) is 1.04. The van der Waals surface area contributed by atoms with Crippen molar-refractivity contribution in [3.8, 4) is 5.75 Å². The summed E-state index contributed by atoms with van der Waals surface area (Å²) in [6, 6.07) is 13.9. The molecule has 2 atom stereocenters. The van der Waals surface area contributed by atoms with Crippen LogP contribution in [0.1, 0.15) is 25.5 Å². The van der Waals surface area contributed by atoms with Crippen LogP contribution in [0, 0.1) is 0 Å². The smallest absolute Gasteiger partial charge is 0.321 e. The van der Waals surface area contributed by atoms with Gasteiger partial charge in [-0.05, 0) is 30.7 Å². The van der Waals surface area contributed by atoms with Crippen molar-refractivity contribution >= 4 is 16.8 Å². The lowest BCUT2D eigenvalue weighted by Gasteiger charge is -2.27. The van der Waals surface area contributed by atoms with Gasteiger partial charge in [-0.1, -0.05) is 30.3 Å². The Hall–Kier alpha value is -2.96. The van der Waals surface area contributed by atoms with Gasteiger partial charge in [0, 0.05) is 12.3 Å². The molecule has 0 saturated heterocycles. The van der Waals surface area contributed by atoms with Crippen LogP contribution in [0.2, 0.25) is 0 Å². The number of carbonyl (C=O) groups excluding carboxylic acids is 1. The number of halogens is 2. The van der Waals surface area contributed by atoms with Crippen molar-refractivity contribution in [3.05, 3.63) is 60.3 Å². The first kappa shape index (κ1) is 17.8. The SMILES string of the molecule is C[C@H](NC(=O)C(C)(F)F)[C@H](Oc1ccc2[nH]ncc2c1)c1ccccc1. The highest BCUT2D eigenvalue weighted by Gasteiger charge is 2.35. The van der Waals surface area contributed by atoms with Gasteiger partial charge in [0.15, 0.2) is 0 Å². The molecule has 0 aliphatic heterocycles. The van der Waals surface area contributed by atoms with Gasteiger partial charge < -0.3 is 10.1 Å². The van der Waals surface area contributed by atoms with E-state index in [4.69, 9.17) is 4.74 Å². The van der Waals surface area contributed by atoms with Crippen molar-refractivity contribution in [2.75, 3.05) is 0 Å². The molecule has 0 saturated carbocycles. The van der Waals surface area contributed by atoms with Crippen molar-refractivity contribution < 1.29 is 18.3 Å². The second-order valence-corrected chi connectivity index (χ2v) is 6.22. The highest BCUT2D eigenvalue weighted by Crippen LogP contribution is 2.27. The fourth-order valence-corrected chi connectivity index (χ4v) is 2.65. The molecular formula is C19H19F2N3O2. The van der Waals surface area contributed by atoms with E-state index in [2.05, 4.69) is 15.5 Å². The summed E-state index contributed by atoms with van der Waals surface area (Å²) in [5.74, 6) is -4.23. The average molecular weight is 359 g/mol. The largest absolute Gasteiger partial charge is 0.484 e. The number of amides is 1. The maximum absolute atomic E-state index is 13.2. The first-order chi connectivity index (χ1) is 12.3. The molecule has 0 fully saturated rings. The highest BCUT2D eigenvalue weighted by molar-refractivity contribution is 5.83. The minimum atomic E-state index is -3.45. The van der Waals surface area contributed by atoms with Crippen LogP contribution >= 0.6 is 0 Å². The third kappa shape index (κ3) is 3.99. The second-order valence-electron chi connectivity index (χ2n) is 6.22. The molecule has 7 heteroatoms. The zero-order valence-electron chi connectivity index (χ0n) is 14.4. The molecule has 0 aliphatic rings. The summed E-state index contributed by atoms with van der Waals surface area (Å²) in [7, 11) is 0. The molecule has 1 heterocycles. The van der Waals surface area contributed by atoms with Crippen molar-refractivity contribution in [1.82, 2.24) is 15.5 Å². The monoisotopic (exact) mass is 359 g/mol. The number of aromatic nitrogens is 2. The fourth-order valence-electron chi connectivity index (χ4n) is 2.65. The van der Waals surface area contributed by atoms with Gasteiger partial charge in [-0.3, -0.25) is 9.89 Å². The molecule has 0 aliphatic carbocycles. The van der Waals surface area contributed by atoms with Gasteiger partial charge in [0.05, 0.1) is 17.8 Å². The Morgan fingerprint density at radius 2 is 1.96 bits per heavy atom. The Bertz CT molecular complexity index is 890. The summed E-state index contributed by atoms with van der Waals surface area (Å²) in [6.45, 7) is 2.21. The third-order valence-electron chi connectivity index (χ3n) is 4.01. The fraction of sp³-hybridized carbons (Fsp3) is 0.263. The molecule has 3 rings (SSSR count). The number of ether oxygens (including phenoxy) is 1. The first-order valence-corrected chi connectivity index (χ1v) is 8.18. The zero-order chi connectivity index (χ0) is 18.7. The molecule has 2 N–H and O–H groups in total. The molecule has 0 radical (unpaired) electrons. The number of rotatable bonds is 6. The molecule has 1 aromatic heterocycles. The maximum Gasteiger partial charge on any atom is 0.321 e. The molecule has 0 unspecified atom stereocenters. The van der Waals surface area contributed by atoms with E-state index in [9.17, 15) is 13.6 Å². The second kappa shape index (κ2) is 7.11. The molecule has 136 valence electrons. The molecule has 0 spiro atoms. The van der Waals surface area contributed by atoms with E-state index in [1.54, 1.807) is 25.3 Å². The van der Waals surface area contributed by atoms with Crippen LogP contribution in [-0.4, -0.2) is 28.1 Å². The lowest BCUT2D eigenvalue weighted by molar-refractivity contribution is -0.144. The maximum atomic E-state index is 13.2. The Labute approximate surface area is 149 Å². The van der Waals surface area contributed by atoms with Crippen LogP contribution < -0.4 is 10.1 Å². The van der Waals surface area contributed by atoms with Gasteiger partial charge in [-0.15, -0.1) is 0 Å². The molecule has 0 bridgehead atoms. The Morgan fingerprint density at radius 1 is 1.23 bits per heavy atom. The van der Waals surface area contributed by atoms with E-state index in [0.717, 1.165) is 16.5 Å². The van der Waals surface area contributed by atoms with Crippen molar-refractivity contribution in [3.63, 3.8) is 0 Å². The molecular weight excluding hydrogens is 340 g/mol. The van der Waals surface area contributed by atoms with E-state index in [-0.39, 0.29) is 0 Å². The van der Waals surface area contributed by atoms with Gasteiger partial charge in [0.1, 0.15) is 11.9 Å². The number of carbonyl (C=O) groups is 1. The Morgan fingerprint density at radius 3 is 2.65 bits per heavy atom. The summed E-state index contributed by atoms with van der Waals surface area (Å²) >= 11 is 0. The van der Waals surface area contributed by atoms with Crippen LogP contribution in [0.15, 0.2) is 54.7 Å². The minimum Gasteiger partial charge on any atom is -0.484 e. The normalized spacial score (nSPS) is 14.0. The predicted molar refractivity (Wildman–Crippen MR) is 94.1 cm³/mol. The van der Waals surface area contributed by atoms with Crippen LogP contribution in [0.4, 0.5) is 8.78 Å². The number of alkyl halides is 2. The average Bonchev–Trinajstić information content (AvgIpc) is 3.07. The van der Waals surface area contributed by atoms with Crippen LogP contribution in [0.3, 0.4) is 0 Å². The Balaban J connectivity index is 1.86. The molecule has 1 amide bonds. The summed E-state index contributed by atoms with van der Waals surface area (Å²) in [5, 5.41) is 10.0. The standard InChI is InChI=1S/C19H19F2N3O2/c1-12(23-18(25)19(2,20)21)17(13-6-4-3-5-7-13)26-15-8-9-16-14(10-15)11-22-24-16/h3-12,17H,1-2H3,(H,22,24)(H,23,25)/t12-,17-/m0/s1. The van der Waals surface area contributed by atoms with Crippen molar-refractivity contribution in [2.24, 2.45) is 0 Å². The van der Waals surface area contributed by atoms with E-state index >= 15 is 0 Å². The number of H-pyrrole nitrogens is 1. The lowest BCUT2D eigenvalue weighted by Crippen LogP contribution is -2.46. The lowest BCUT2D eigenvalue weighted by atomic mass is 10.0. The van der Waals surface area contributed by atoms with Crippen LogP contribution in [-0.2, 0) is 4.79 Å². The summed E-state index contributed by atoms with van der Waals surface area (Å²) in [5.41, 5.74) is 1.63. The zero-order valence-corrected chi connectivity index (χ0v) is 14.4. The van der Waals surface area contributed by atoms with E-state index in [1.807, 2.05) is 36.4 Å². The van der Waals surface area contributed by atoms with E-state index in [1.165, 1.54) is 0 Å². The molecule has 26 heavy (non-hydrogen) atoms. The molecule has 5 nitrogen and oxygen atoms in total. The quantitative estimate of drug-likeness (QED) is 0.703. The number of benzene rings is 2. The molecule has 2 aromatic carbocycles. The predicted octanol–water partition coefficient (Wildman–Crippen LogP) is 3.84. The number of hydrogen-bond acceptors (Lipinski definition) is 3. The number of hydrogen-bond donors (Lipinski definition) is 2. The Kier molecular flexibility index (Phi) is 4.88. The number of nitrogens with zero attached hydrogens (tertiary/aromatic N) is 1. The van der Waals surface area contributed by atoms with Crippen molar-refractivity contribution in [1.29, 1.82) is 0 Å². The van der Waals surface area contributed by atoms with Gasteiger partial charge in [-0.25, -0.2) is 0 Å². The number of aromatic amines is 1. The van der Waals surface area contributed by atoms with Gasteiger partial charge in [0.2, 0.25) is 0 Å². The van der Waals surface area contributed by atoms with E-state index in [0.29, 0.717) is 12.7 Å². The van der Waals surface area contributed by atoms with Gasteiger partial charge >= 0.3 is 5.92 Å². The summed E-state index contributed by atoms with van der Waals surface area (Å²) in [4.78, 5) is 11.7. The minimum absolute atomic E-state index is 0.553. The summed E-state index contributed by atoms with van der Waals surface area (Å²) < 4.78 is 32.5. The van der Waals surface area contributed by atoms with E-state index < -0.39 is 24.0 Å². The van der Waals surface area contributed by atoms with Gasteiger partial charge in [0.25, 0.3) is 5.91 Å². The molecule has 3 aromatic rings. The topological polar surface area (TPSA) is 67.0 Å². The number of nitrogens with one attached hydrogen (secondary N) is 2. The first-order valence-electron chi connectivity index (χ1n) is 8.18. The number of fused-ring (bicyclic) bond motifs is 1.